The second-order valence-corrected chi connectivity index (χ2v) is 7.94. The lowest BCUT2D eigenvalue weighted by atomic mass is 10.1. The van der Waals surface area contributed by atoms with Crippen LogP contribution in [0.3, 0.4) is 0 Å². The molecule has 0 radical (unpaired) electrons. The number of nitrogens with one attached hydrogen (secondary N) is 3. The molecule has 6 nitrogen and oxygen atoms in total. The molecule has 8 heteroatoms. The standard InChI is InChI=1S/C21H28FN5OS/c1-23-21(26-18-7-11-27(12-8-18)20-6-3-13-29-20)25-10-9-24-19(28)15-16-4-2-5-17(22)14-16/h2-6,13-14,18H,7-12,15H2,1H3,(H,24,28)(H2,23,25,26). The fraction of sp³-hybridized carbons (Fsp3) is 0.429. The van der Waals surface area contributed by atoms with Crippen LogP contribution in [0.5, 0.6) is 0 Å². The number of hydrogen-bond donors (Lipinski definition) is 3. The minimum Gasteiger partial charge on any atom is -0.363 e. The molecule has 0 aliphatic carbocycles. The van der Waals surface area contributed by atoms with Gasteiger partial charge in [0.25, 0.3) is 0 Å². The van der Waals surface area contributed by atoms with Gasteiger partial charge in [-0.2, -0.15) is 0 Å². The van der Waals surface area contributed by atoms with Crippen LogP contribution in [0.4, 0.5) is 9.39 Å². The fourth-order valence-electron chi connectivity index (χ4n) is 3.36. The van der Waals surface area contributed by atoms with Crippen molar-refractivity contribution < 1.29 is 9.18 Å². The number of hydrogen-bond acceptors (Lipinski definition) is 4. The molecule has 1 aliphatic heterocycles. The van der Waals surface area contributed by atoms with Crippen molar-refractivity contribution in [2.24, 2.45) is 4.99 Å². The highest BCUT2D eigenvalue weighted by Gasteiger charge is 2.20. The number of benzene rings is 1. The summed E-state index contributed by atoms with van der Waals surface area (Å²) in [5, 5.41) is 13.0. The summed E-state index contributed by atoms with van der Waals surface area (Å²) in [5.74, 6) is 0.299. The van der Waals surface area contributed by atoms with E-state index in [0.29, 0.717) is 24.7 Å². The van der Waals surface area contributed by atoms with Gasteiger partial charge in [-0.1, -0.05) is 12.1 Å². The summed E-state index contributed by atoms with van der Waals surface area (Å²) >= 11 is 1.78. The van der Waals surface area contributed by atoms with Crippen LogP contribution >= 0.6 is 11.3 Å². The summed E-state index contributed by atoms with van der Waals surface area (Å²) < 4.78 is 13.2. The molecule has 2 heterocycles. The molecule has 1 amide bonds. The predicted molar refractivity (Wildman–Crippen MR) is 117 cm³/mol. The van der Waals surface area contributed by atoms with Gasteiger partial charge in [0, 0.05) is 39.3 Å². The second-order valence-electron chi connectivity index (χ2n) is 7.01. The molecule has 0 atom stereocenters. The SMILES string of the molecule is CN=C(NCCNC(=O)Cc1cccc(F)c1)NC1CCN(c2cccs2)CC1. The van der Waals surface area contributed by atoms with Gasteiger partial charge < -0.3 is 20.9 Å². The zero-order chi connectivity index (χ0) is 20.5. The minimum atomic E-state index is -0.326. The van der Waals surface area contributed by atoms with Gasteiger partial charge in [-0.3, -0.25) is 9.79 Å². The number of anilines is 1. The summed E-state index contributed by atoms with van der Waals surface area (Å²) in [7, 11) is 1.75. The lowest BCUT2D eigenvalue weighted by Crippen LogP contribution is -2.49. The third kappa shape index (κ3) is 6.74. The Kier molecular flexibility index (Phi) is 7.86. The number of nitrogens with zero attached hydrogens (tertiary/aromatic N) is 2. The van der Waals surface area contributed by atoms with Crippen molar-refractivity contribution in [2.75, 3.05) is 38.1 Å². The lowest BCUT2D eigenvalue weighted by Gasteiger charge is -2.33. The number of rotatable bonds is 7. The molecule has 0 bridgehead atoms. The van der Waals surface area contributed by atoms with Gasteiger partial charge in [0.1, 0.15) is 5.82 Å². The van der Waals surface area contributed by atoms with E-state index in [0.717, 1.165) is 31.9 Å². The maximum Gasteiger partial charge on any atom is 0.224 e. The van der Waals surface area contributed by atoms with Crippen molar-refractivity contribution in [2.45, 2.75) is 25.3 Å². The largest absolute Gasteiger partial charge is 0.363 e. The molecule has 3 rings (SSSR count). The van der Waals surface area contributed by atoms with Crippen molar-refractivity contribution in [3.05, 3.63) is 53.2 Å². The van der Waals surface area contributed by atoms with Crippen LogP contribution in [-0.2, 0) is 11.2 Å². The summed E-state index contributed by atoms with van der Waals surface area (Å²) in [6, 6.07) is 10.8. The van der Waals surface area contributed by atoms with E-state index in [1.165, 1.54) is 17.1 Å². The first-order valence-corrected chi connectivity index (χ1v) is 10.8. The summed E-state index contributed by atoms with van der Waals surface area (Å²) in [6.45, 7) is 3.12. The van der Waals surface area contributed by atoms with Gasteiger partial charge >= 0.3 is 0 Å². The maximum absolute atomic E-state index is 13.2. The van der Waals surface area contributed by atoms with Crippen LogP contribution in [0.25, 0.3) is 0 Å². The van der Waals surface area contributed by atoms with Gasteiger partial charge in [-0.25, -0.2) is 4.39 Å². The average molecular weight is 418 g/mol. The van der Waals surface area contributed by atoms with Crippen molar-refractivity contribution in [1.29, 1.82) is 0 Å². The monoisotopic (exact) mass is 417 g/mol. The third-order valence-electron chi connectivity index (χ3n) is 4.87. The summed E-state index contributed by atoms with van der Waals surface area (Å²) in [4.78, 5) is 18.7. The van der Waals surface area contributed by atoms with Gasteiger partial charge in [0.2, 0.25) is 5.91 Å². The predicted octanol–water partition coefficient (Wildman–Crippen LogP) is 2.38. The molecule has 3 N–H and O–H groups in total. The Labute approximate surface area is 175 Å². The number of carbonyl (C=O) groups is 1. The number of thiophene rings is 1. The zero-order valence-electron chi connectivity index (χ0n) is 16.7. The van der Waals surface area contributed by atoms with E-state index in [9.17, 15) is 9.18 Å². The molecule has 156 valence electrons. The molecule has 29 heavy (non-hydrogen) atoms. The van der Waals surface area contributed by atoms with Crippen LogP contribution in [0.1, 0.15) is 18.4 Å². The molecular formula is C21H28FN5OS. The Morgan fingerprint density at radius 1 is 1.21 bits per heavy atom. The molecule has 1 fully saturated rings. The van der Waals surface area contributed by atoms with Crippen LogP contribution < -0.4 is 20.9 Å². The number of halogens is 1. The third-order valence-corrected chi connectivity index (χ3v) is 5.80. The van der Waals surface area contributed by atoms with Crippen LogP contribution in [-0.4, -0.2) is 51.1 Å². The van der Waals surface area contributed by atoms with E-state index >= 15 is 0 Å². The van der Waals surface area contributed by atoms with Gasteiger partial charge in [-0.15, -0.1) is 11.3 Å². The first-order valence-electron chi connectivity index (χ1n) is 9.91. The van der Waals surface area contributed by atoms with E-state index in [2.05, 4.69) is 43.4 Å². The van der Waals surface area contributed by atoms with E-state index in [1.807, 2.05) is 0 Å². The van der Waals surface area contributed by atoms with Crippen LogP contribution in [0, 0.1) is 5.82 Å². The van der Waals surface area contributed by atoms with Crippen LogP contribution in [0.15, 0.2) is 46.8 Å². The molecule has 0 saturated carbocycles. The van der Waals surface area contributed by atoms with Crippen molar-refractivity contribution in [1.82, 2.24) is 16.0 Å². The number of piperidine rings is 1. The normalized spacial score (nSPS) is 15.2. The van der Waals surface area contributed by atoms with E-state index in [4.69, 9.17) is 0 Å². The maximum atomic E-state index is 13.2. The van der Waals surface area contributed by atoms with Crippen molar-refractivity contribution in [3.8, 4) is 0 Å². The highest BCUT2D eigenvalue weighted by molar-refractivity contribution is 7.14. The second kappa shape index (κ2) is 10.8. The number of amides is 1. The van der Waals surface area contributed by atoms with Gasteiger partial charge in [0.15, 0.2) is 5.96 Å². The quantitative estimate of drug-likeness (QED) is 0.368. The highest BCUT2D eigenvalue weighted by atomic mass is 32.1. The Hall–Kier alpha value is -2.61. The van der Waals surface area contributed by atoms with Gasteiger partial charge in [0.05, 0.1) is 11.4 Å². The Balaban J connectivity index is 1.32. The number of guanidine groups is 1. The molecule has 1 aromatic heterocycles. The first kappa shape index (κ1) is 21.1. The van der Waals surface area contributed by atoms with E-state index < -0.39 is 0 Å². The molecule has 1 aliphatic rings. The van der Waals surface area contributed by atoms with Crippen molar-refractivity contribution in [3.63, 3.8) is 0 Å². The fourth-order valence-corrected chi connectivity index (χ4v) is 4.15. The smallest absolute Gasteiger partial charge is 0.224 e. The highest BCUT2D eigenvalue weighted by Crippen LogP contribution is 2.24. The van der Waals surface area contributed by atoms with Crippen LogP contribution in [0.2, 0.25) is 0 Å². The number of aliphatic imine (C=N–C) groups is 1. The molecule has 0 spiro atoms. The van der Waals surface area contributed by atoms with E-state index in [-0.39, 0.29) is 18.1 Å². The molecule has 0 unspecified atom stereocenters. The number of carbonyl (C=O) groups excluding carboxylic acids is 1. The Morgan fingerprint density at radius 3 is 2.69 bits per heavy atom. The van der Waals surface area contributed by atoms with E-state index in [1.54, 1.807) is 30.5 Å². The Morgan fingerprint density at radius 2 is 2.00 bits per heavy atom. The molecule has 2 aromatic rings. The molecule has 1 aromatic carbocycles. The first-order chi connectivity index (χ1) is 14.1. The lowest BCUT2D eigenvalue weighted by molar-refractivity contribution is -0.120. The minimum absolute atomic E-state index is 0.124. The Bertz CT molecular complexity index is 803. The zero-order valence-corrected chi connectivity index (χ0v) is 17.5. The van der Waals surface area contributed by atoms with Crippen molar-refractivity contribution >= 4 is 28.2 Å². The molecule has 1 saturated heterocycles. The topological polar surface area (TPSA) is 68.8 Å². The molecular weight excluding hydrogens is 389 g/mol. The summed E-state index contributed by atoms with van der Waals surface area (Å²) in [5.41, 5.74) is 0.668. The van der Waals surface area contributed by atoms with Gasteiger partial charge in [-0.05, 0) is 48.1 Å². The summed E-state index contributed by atoms with van der Waals surface area (Å²) in [6.07, 6.45) is 2.29. The average Bonchev–Trinajstić information content (AvgIpc) is 3.25.